The van der Waals surface area contributed by atoms with Gasteiger partial charge in [0.1, 0.15) is 0 Å². The van der Waals surface area contributed by atoms with Crippen LogP contribution in [0.5, 0.6) is 0 Å². The number of nitrogens with two attached hydrogens (primary N) is 1. The topological polar surface area (TPSA) is 58.4 Å². The highest BCUT2D eigenvalue weighted by Crippen LogP contribution is 2.37. The second-order valence-corrected chi connectivity index (χ2v) is 5.17. The summed E-state index contributed by atoms with van der Waals surface area (Å²) in [7, 11) is 0. The van der Waals surface area contributed by atoms with Crippen LogP contribution in [0.3, 0.4) is 0 Å². The maximum Gasteiger partial charge on any atom is 0.417 e. The molecule has 3 N–H and O–H groups in total. The average molecular weight is 320 g/mol. The Bertz CT molecular complexity index is 590. The molecule has 1 unspecified atom stereocenters. The summed E-state index contributed by atoms with van der Waals surface area (Å²) in [6, 6.07) is 0. The predicted molar refractivity (Wildman–Crippen MR) is 72.2 cm³/mol. The molecule has 8 heteroatoms. The zero-order valence-corrected chi connectivity index (χ0v) is 11.8. The largest absolute Gasteiger partial charge is 0.417 e. The number of fused-ring (bicyclic) bond motifs is 1. The van der Waals surface area contributed by atoms with Crippen molar-refractivity contribution in [3.05, 3.63) is 46.4 Å². The monoisotopic (exact) mass is 319 g/mol. The Morgan fingerprint density at radius 3 is 2.71 bits per heavy atom. The quantitative estimate of drug-likeness (QED) is 0.444. The van der Waals surface area contributed by atoms with Crippen LogP contribution >= 0.6 is 11.6 Å². The molecular formula is C13H13ClF3N3O. The lowest BCUT2D eigenvalue weighted by molar-refractivity contribution is -0.118. The maximum atomic E-state index is 12.8. The first-order valence-corrected chi connectivity index (χ1v) is 6.49. The highest BCUT2D eigenvalue weighted by atomic mass is 35.5. The van der Waals surface area contributed by atoms with Crippen molar-refractivity contribution in [3.8, 4) is 0 Å². The fourth-order valence-corrected chi connectivity index (χ4v) is 2.41. The first-order valence-electron chi connectivity index (χ1n) is 6.11. The van der Waals surface area contributed by atoms with Gasteiger partial charge in [-0.3, -0.25) is 10.2 Å². The summed E-state index contributed by atoms with van der Waals surface area (Å²) in [5.74, 6) is 4.37. The molecule has 0 aromatic heterocycles. The number of allylic oxidation sites excluding steroid dienone is 4. The molecule has 1 atom stereocenters. The Balaban J connectivity index is 2.49. The van der Waals surface area contributed by atoms with Crippen molar-refractivity contribution in [2.24, 2.45) is 11.8 Å². The Hall–Kier alpha value is -1.73. The fourth-order valence-electron chi connectivity index (χ4n) is 2.11. The number of nitrogens with one attached hydrogen (secondary N) is 1. The van der Waals surface area contributed by atoms with Gasteiger partial charge in [-0.15, -0.1) is 0 Å². The van der Waals surface area contributed by atoms with Crippen LogP contribution in [0.25, 0.3) is 0 Å². The molecule has 0 saturated heterocycles. The molecule has 114 valence electrons. The number of nitrogens with zero attached hydrogens (tertiary/aromatic N) is 1. The molecule has 2 aliphatic rings. The summed E-state index contributed by atoms with van der Waals surface area (Å²) in [6.45, 7) is 1.78. The van der Waals surface area contributed by atoms with E-state index in [1.54, 1.807) is 13.0 Å². The van der Waals surface area contributed by atoms with E-state index in [0.29, 0.717) is 12.1 Å². The lowest BCUT2D eigenvalue weighted by Crippen LogP contribution is -2.33. The van der Waals surface area contributed by atoms with Crippen molar-refractivity contribution >= 4 is 17.5 Å². The fraction of sp³-hybridized carbons (Fsp3) is 0.308. The molecule has 0 saturated carbocycles. The zero-order chi connectivity index (χ0) is 15.8. The minimum absolute atomic E-state index is 0.0253. The van der Waals surface area contributed by atoms with E-state index < -0.39 is 17.7 Å². The molecule has 0 aliphatic carbocycles. The van der Waals surface area contributed by atoms with E-state index in [1.807, 2.05) is 5.43 Å². The van der Waals surface area contributed by atoms with Crippen LogP contribution in [-0.2, 0) is 4.79 Å². The van der Waals surface area contributed by atoms with E-state index in [1.165, 1.54) is 11.1 Å². The molecule has 0 radical (unpaired) electrons. The van der Waals surface area contributed by atoms with Gasteiger partial charge in [-0.2, -0.15) is 13.2 Å². The van der Waals surface area contributed by atoms with Crippen molar-refractivity contribution in [3.63, 3.8) is 0 Å². The van der Waals surface area contributed by atoms with Gasteiger partial charge in [-0.05, 0) is 18.4 Å². The van der Waals surface area contributed by atoms with E-state index in [9.17, 15) is 18.0 Å². The number of alkyl halides is 3. The minimum atomic E-state index is -4.52. The molecule has 1 amide bonds. The van der Waals surface area contributed by atoms with Gasteiger partial charge < -0.3 is 4.90 Å². The second kappa shape index (κ2) is 5.57. The van der Waals surface area contributed by atoms with Crippen LogP contribution in [0.2, 0.25) is 0 Å². The first-order chi connectivity index (χ1) is 9.74. The van der Waals surface area contributed by atoms with Gasteiger partial charge in [0.2, 0.25) is 0 Å². The molecule has 21 heavy (non-hydrogen) atoms. The third-order valence-corrected chi connectivity index (χ3v) is 3.58. The number of amides is 1. The SMILES string of the molecule is CC1CC=C2C(Cl)=CC(C(F)(F)F)=CN2C=C1C(=O)NN. The van der Waals surface area contributed by atoms with Gasteiger partial charge in [0.25, 0.3) is 5.91 Å². The lowest BCUT2D eigenvalue weighted by Gasteiger charge is -2.25. The molecule has 0 aromatic rings. The summed E-state index contributed by atoms with van der Waals surface area (Å²) in [5, 5.41) is -0.0253. The smallest absolute Gasteiger partial charge is 0.322 e. The number of rotatable bonds is 1. The van der Waals surface area contributed by atoms with E-state index in [4.69, 9.17) is 17.4 Å². The summed E-state index contributed by atoms with van der Waals surface area (Å²) in [5.41, 5.74) is 1.81. The minimum Gasteiger partial charge on any atom is -0.322 e. The third-order valence-electron chi connectivity index (χ3n) is 3.28. The van der Waals surface area contributed by atoms with Crippen LogP contribution in [-0.4, -0.2) is 17.0 Å². The van der Waals surface area contributed by atoms with Gasteiger partial charge >= 0.3 is 6.18 Å². The van der Waals surface area contributed by atoms with Gasteiger partial charge in [0.15, 0.2) is 0 Å². The van der Waals surface area contributed by atoms with Crippen LogP contribution in [0.1, 0.15) is 13.3 Å². The first kappa shape index (κ1) is 15.7. The number of hydrogen-bond donors (Lipinski definition) is 2. The third kappa shape index (κ3) is 3.14. The summed E-state index contributed by atoms with van der Waals surface area (Å²) in [4.78, 5) is 12.9. The molecule has 0 aromatic carbocycles. The molecular weight excluding hydrogens is 307 g/mol. The standard InChI is InChI=1S/C13H13ClF3N3O/c1-7-2-3-11-10(14)4-8(13(15,16)17)5-20(11)6-9(7)12(21)19-18/h3-7H,2,18H2,1H3,(H,19,21). The van der Waals surface area contributed by atoms with E-state index in [-0.39, 0.29) is 16.5 Å². The Kier molecular flexibility index (Phi) is 4.15. The average Bonchev–Trinajstić information content (AvgIpc) is 2.57. The summed E-state index contributed by atoms with van der Waals surface area (Å²) < 4.78 is 38.5. The Labute approximate surface area is 124 Å². The van der Waals surface area contributed by atoms with Gasteiger partial charge in [-0.25, -0.2) is 5.84 Å². The normalized spacial score (nSPS) is 22.4. The van der Waals surface area contributed by atoms with Gasteiger partial charge in [0, 0.05) is 18.0 Å². The lowest BCUT2D eigenvalue weighted by atomic mass is 9.98. The highest BCUT2D eigenvalue weighted by Gasteiger charge is 2.36. The number of hydrogen-bond acceptors (Lipinski definition) is 3. The summed E-state index contributed by atoms with van der Waals surface area (Å²) in [6.07, 6.45) is 0.737. The highest BCUT2D eigenvalue weighted by molar-refractivity contribution is 6.32. The maximum absolute atomic E-state index is 12.8. The molecule has 0 fully saturated rings. The van der Waals surface area contributed by atoms with Crippen molar-refractivity contribution in [1.29, 1.82) is 0 Å². The zero-order valence-electron chi connectivity index (χ0n) is 11.0. The number of carbonyl (C=O) groups is 1. The molecule has 2 rings (SSSR count). The molecule has 2 heterocycles. The van der Waals surface area contributed by atoms with Crippen molar-refractivity contribution in [1.82, 2.24) is 10.3 Å². The summed E-state index contributed by atoms with van der Waals surface area (Å²) >= 11 is 5.93. The van der Waals surface area contributed by atoms with E-state index >= 15 is 0 Å². The number of halogens is 4. The van der Waals surface area contributed by atoms with E-state index in [2.05, 4.69) is 0 Å². The number of hydrazine groups is 1. The van der Waals surface area contributed by atoms with Crippen LogP contribution in [0.15, 0.2) is 46.4 Å². The van der Waals surface area contributed by atoms with Crippen LogP contribution < -0.4 is 11.3 Å². The van der Waals surface area contributed by atoms with Gasteiger partial charge in [-0.1, -0.05) is 24.6 Å². The number of carbonyl (C=O) groups excluding carboxylic acids is 1. The van der Waals surface area contributed by atoms with Gasteiger partial charge in [0.05, 0.1) is 16.3 Å². The van der Waals surface area contributed by atoms with Crippen molar-refractivity contribution in [2.45, 2.75) is 19.5 Å². The van der Waals surface area contributed by atoms with Crippen LogP contribution in [0.4, 0.5) is 13.2 Å². The molecule has 4 nitrogen and oxygen atoms in total. The Morgan fingerprint density at radius 2 is 2.14 bits per heavy atom. The molecule has 0 spiro atoms. The molecule has 0 bridgehead atoms. The second-order valence-electron chi connectivity index (χ2n) is 4.77. The molecule has 2 aliphatic heterocycles. The Morgan fingerprint density at radius 1 is 1.48 bits per heavy atom. The predicted octanol–water partition coefficient (Wildman–Crippen LogP) is 2.67. The van der Waals surface area contributed by atoms with Crippen molar-refractivity contribution < 1.29 is 18.0 Å². The van der Waals surface area contributed by atoms with Crippen LogP contribution in [0, 0.1) is 5.92 Å². The van der Waals surface area contributed by atoms with E-state index in [0.717, 1.165) is 12.3 Å². The van der Waals surface area contributed by atoms with Crippen molar-refractivity contribution in [2.75, 3.05) is 0 Å².